The van der Waals surface area contributed by atoms with E-state index in [0.717, 1.165) is 44.8 Å². The summed E-state index contributed by atoms with van der Waals surface area (Å²) in [7, 11) is 3.84. The summed E-state index contributed by atoms with van der Waals surface area (Å²) in [6, 6.07) is 7.66. The zero-order chi connectivity index (χ0) is 22.5. The smallest absolute Gasteiger partial charge is 0.214 e. The minimum absolute atomic E-state index is 0.340. The van der Waals surface area contributed by atoms with Crippen LogP contribution in [0.4, 0.5) is 11.4 Å². The number of piperazine rings is 1. The fourth-order valence-corrected chi connectivity index (χ4v) is 3.56. The normalized spacial score (nSPS) is 21.2. The molecule has 1 saturated heterocycles. The average Bonchev–Trinajstić information content (AvgIpc) is 2.77. The minimum atomic E-state index is 0.340. The second-order valence-electron chi connectivity index (χ2n) is 7.62. The first-order valence-electron chi connectivity index (χ1n) is 10.8. The van der Waals surface area contributed by atoms with Gasteiger partial charge in [0.05, 0.1) is 0 Å². The van der Waals surface area contributed by atoms with Crippen molar-refractivity contribution in [2.24, 2.45) is 21.6 Å². The number of guanidine groups is 1. The molecule has 7 heteroatoms. The molecule has 3 N–H and O–H groups in total. The summed E-state index contributed by atoms with van der Waals surface area (Å²) in [4.78, 5) is 21.1. The lowest BCUT2D eigenvalue weighted by molar-refractivity contribution is -0.106. The van der Waals surface area contributed by atoms with E-state index >= 15 is 0 Å². The molecule has 7 nitrogen and oxygen atoms in total. The van der Waals surface area contributed by atoms with Crippen molar-refractivity contribution in [2.75, 3.05) is 50.1 Å². The van der Waals surface area contributed by atoms with Crippen LogP contribution >= 0.6 is 0 Å². The van der Waals surface area contributed by atoms with E-state index in [1.807, 2.05) is 6.92 Å². The van der Waals surface area contributed by atoms with E-state index in [-0.39, 0.29) is 0 Å². The number of aldehydes is 1. The van der Waals surface area contributed by atoms with Crippen molar-refractivity contribution in [2.45, 2.75) is 46.6 Å². The van der Waals surface area contributed by atoms with Gasteiger partial charge in [0.25, 0.3) is 0 Å². The molecule has 0 bridgehead atoms. The molecular formula is C23H40N6O. The van der Waals surface area contributed by atoms with E-state index in [9.17, 15) is 0 Å². The third-order valence-corrected chi connectivity index (χ3v) is 5.54. The van der Waals surface area contributed by atoms with Crippen LogP contribution < -0.4 is 20.9 Å². The highest BCUT2D eigenvalue weighted by Crippen LogP contribution is 2.35. The quantitative estimate of drug-likeness (QED) is 0.440. The summed E-state index contributed by atoms with van der Waals surface area (Å²) in [5, 5.41) is 3.42. The number of benzene rings is 1. The second kappa shape index (κ2) is 13.7. The highest BCUT2D eigenvalue weighted by atomic mass is 16.1. The van der Waals surface area contributed by atoms with E-state index < -0.39 is 0 Å². The molecule has 2 aliphatic rings. The summed E-state index contributed by atoms with van der Waals surface area (Å²) in [5.41, 5.74) is 9.55. The van der Waals surface area contributed by atoms with Crippen molar-refractivity contribution in [3.05, 3.63) is 23.8 Å². The monoisotopic (exact) mass is 416 g/mol. The number of hydrogen-bond acceptors (Lipinski definition) is 5. The number of anilines is 2. The predicted molar refractivity (Wildman–Crippen MR) is 130 cm³/mol. The SMILES string of the molecule is CC/C=N\C(N)=NC.CC1Cc2cc(N3CCNCC3)ccc2N(C)[C@H]1C.CC=O. The number of carbonyl (C=O) groups excluding carboxylic acids is 1. The van der Waals surface area contributed by atoms with Gasteiger partial charge in [-0.1, -0.05) is 13.8 Å². The van der Waals surface area contributed by atoms with E-state index in [0.29, 0.717) is 12.0 Å². The molecule has 0 amide bonds. The van der Waals surface area contributed by atoms with Crippen LogP contribution in [0.25, 0.3) is 0 Å². The van der Waals surface area contributed by atoms with Crippen LogP contribution in [0.1, 0.15) is 39.7 Å². The molecule has 2 heterocycles. The number of rotatable bonds is 2. The lowest BCUT2D eigenvalue weighted by Crippen LogP contribution is -2.44. The molecule has 0 aliphatic carbocycles. The lowest BCUT2D eigenvalue weighted by Gasteiger charge is -2.39. The van der Waals surface area contributed by atoms with E-state index in [1.54, 1.807) is 13.3 Å². The Labute approximate surface area is 182 Å². The van der Waals surface area contributed by atoms with Crippen LogP contribution in [0.2, 0.25) is 0 Å². The lowest BCUT2D eigenvalue weighted by atomic mass is 9.88. The van der Waals surface area contributed by atoms with Gasteiger partial charge in [-0.3, -0.25) is 4.99 Å². The van der Waals surface area contributed by atoms with Crippen LogP contribution in [-0.4, -0.2) is 64.8 Å². The molecule has 1 fully saturated rings. The predicted octanol–water partition coefficient (Wildman–Crippen LogP) is 2.73. The molecular weight excluding hydrogens is 376 g/mol. The van der Waals surface area contributed by atoms with E-state index in [4.69, 9.17) is 10.5 Å². The number of aliphatic imine (C=N–C) groups is 2. The van der Waals surface area contributed by atoms with Gasteiger partial charge >= 0.3 is 0 Å². The second-order valence-corrected chi connectivity index (χ2v) is 7.62. The topological polar surface area (TPSA) is 86.3 Å². The summed E-state index contributed by atoms with van der Waals surface area (Å²) in [6.07, 6.45) is 4.58. The fourth-order valence-electron chi connectivity index (χ4n) is 3.56. The standard InChI is InChI=1S/C16H25N3.C5H11N3.C2H4O/c1-12-10-14-11-15(19-8-6-17-7-9-19)4-5-16(14)18(3)13(12)2;1-3-4-8-5(6)7-2;1-2-3/h4-5,11-13,17H,6-10H2,1-3H3;4H,3H2,1-2H3,(H2,6,7);2H,1H3/b;8-4-;/t12?,13-;;/m0../s1. The number of hydrogen-bond donors (Lipinski definition) is 2. The molecule has 1 unspecified atom stereocenters. The molecule has 2 atom stereocenters. The van der Waals surface area contributed by atoms with Gasteiger partial charge in [0.2, 0.25) is 5.96 Å². The molecule has 0 aromatic heterocycles. The number of nitrogens with two attached hydrogens (primary N) is 1. The first-order chi connectivity index (χ1) is 14.4. The highest BCUT2D eigenvalue weighted by Gasteiger charge is 2.26. The molecule has 1 aromatic carbocycles. The summed E-state index contributed by atoms with van der Waals surface area (Å²) in [6.45, 7) is 12.6. The Morgan fingerprint density at radius 1 is 1.30 bits per heavy atom. The Morgan fingerprint density at radius 3 is 2.50 bits per heavy atom. The van der Waals surface area contributed by atoms with Gasteiger partial charge in [0.1, 0.15) is 6.29 Å². The number of fused-ring (bicyclic) bond motifs is 1. The minimum Gasteiger partial charge on any atom is -0.371 e. The van der Waals surface area contributed by atoms with Crippen molar-refractivity contribution < 1.29 is 4.79 Å². The zero-order valence-electron chi connectivity index (χ0n) is 19.6. The third-order valence-electron chi connectivity index (χ3n) is 5.54. The molecule has 0 spiro atoms. The highest BCUT2D eigenvalue weighted by molar-refractivity contribution is 5.86. The van der Waals surface area contributed by atoms with Crippen molar-refractivity contribution in [1.29, 1.82) is 0 Å². The van der Waals surface area contributed by atoms with Gasteiger partial charge in [0.15, 0.2) is 0 Å². The fraction of sp³-hybridized carbons (Fsp3) is 0.609. The van der Waals surface area contributed by atoms with Crippen LogP contribution in [0.15, 0.2) is 28.2 Å². The Hall–Kier alpha value is -2.41. The van der Waals surface area contributed by atoms with Crippen LogP contribution in [0, 0.1) is 5.92 Å². The molecule has 1 aromatic rings. The van der Waals surface area contributed by atoms with Crippen molar-refractivity contribution in [3.8, 4) is 0 Å². The summed E-state index contributed by atoms with van der Waals surface area (Å²) < 4.78 is 0. The average molecular weight is 417 g/mol. The Morgan fingerprint density at radius 2 is 1.93 bits per heavy atom. The maximum atomic E-state index is 8.81. The maximum Gasteiger partial charge on any atom is 0.214 e. The number of nitrogens with zero attached hydrogens (tertiary/aromatic N) is 4. The summed E-state index contributed by atoms with van der Waals surface area (Å²) >= 11 is 0. The van der Waals surface area contributed by atoms with E-state index in [1.165, 1.54) is 30.3 Å². The first kappa shape index (κ1) is 25.6. The maximum absolute atomic E-state index is 8.81. The molecule has 168 valence electrons. The van der Waals surface area contributed by atoms with Crippen LogP contribution in [-0.2, 0) is 11.2 Å². The first-order valence-corrected chi connectivity index (χ1v) is 10.8. The number of carbonyl (C=O) groups is 1. The van der Waals surface area contributed by atoms with Crippen LogP contribution in [0.5, 0.6) is 0 Å². The van der Waals surface area contributed by atoms with Gasteiger partial charge in [-0.05, 0) is 56.4 Å². The van der Waals surface area contributed by atoms with Gasteiger partial charge in [-0.15, -0.1) is 0 Å². The van der Waals surface area contributed by atoms with Crippen molar-refractivity contribution in [3.63, 3.8) is 0 Å². The van der Waals surface area contributed by atoms with Crippen molar-refractivity contribution in [1.82, 2.24) is 5.32 Å². The van der Waals surface area contributed by atoms with Gasteiger partial charge in [0, 0.05) is 63.9 Å². The molecule has 2 aliphatic heterocycles. The van der Waals surface area contributed by atoms with Gasteiger partial charge in [-0.25, -0.2) is 4.99 Å². The van der Waals surface area contributed by atoms with Gasteiger partial charge in [-0.2, -0.15) is 0 Å². The Bertz CT molecular complexity index is 697. The Balaban J connectivity index is 0.000000345. The molecule has 0 radical (unpaired) electrons. The Kier molecular flexibility index (Phi) is 11.7. The third kappa shape index (κ3) is 7.78. The van der Waals surface area contributed by atoms with E-state index in [2.05, 4.69) is 64.2 Å². The molecule has 0 saturated carbocycles. The van der Waals surface area contributed by atoms with Gasteiger partial charge < -0.3 is 25.6 Å². The summed E-state index contributed by atoms with van der Waals surface area (Å²) in [5.74, 6) is 1.07. The number of nitrogens with one attached hydrogen (secondary N) is 1. The van der Waals surface area contributed by atoms with Crippen molar-refractivity contribution >= 4 is 29.8 Å². The molecule has 3 rings (SSSR count). The molecule has 30 heavy (non-hydrogen) atoms. The zero-order valence-corrected chi connectivity index (χ0v) is 19.6. The van der Waals surface area contributed by atoms with Crippen LogP contribution in [0.3, 0.4) is 0 Å². The largest absolute Gasteiger partial charge is 0.371 e.